The molecule has 0 bridgehead atoms. The number of ether oxygens (including phenoxy) is 1. The van der Waals surface area contributed by atoms with Gasteiger partial charge in [-0.3, -0.25) is 0 Å². The Morgan fingerprint density at radius 2 is 1.75 bits per heavy atom. The number of carboxylic acid groups (broad SMARTS) is 1. The normalized spacial score (nSPS) is 12.9. The van der Waals surface area contributed by atoms with Crippen LogP contribution in [0, 0.1) is 0 Å². The first-order chi connectivity index (χ1) is 11.5. The van der Waals surface area contributed by atoms with Crippen molar-refractivity contribution in [2.45, 2.75) is 25.5 Å². The Balaban J connectivity index is 2.15. The summed E-state index contributed by atoms with van der Waals surface area (Å²) in [7, 11) is 0. The van der Waals surface area contributed by atoms with E-state index in [0.717, 1.165) is 5.56 Å². The molecule has 24 heavy (non-hydrogen) atoms. The number of halogens is 1. The molecule has 126 valence electrons. The molecule has 0 aliphatic rings. The second-order valence-corrected chi connectivity index (χ2v) is 5.69. The molecular weight excluding hydrogens is 330 g/mol. The van der Waals surface area contributed by atoms with Gasteiger partial charge in [0, 0.05) is 5.02 Å². The molecule has 0 aliphatic carbocycles. The fourth-order valence-electron chi connectivity index (χ4n) is 2.36. The van der Waals surface area contributed by atoms with Gasteiger partial charge in [0.05, 0.1) is 0 Å². The predicted octanol–water partition coefficient (Wildman–Crippen LogP) is 3.96. The van der Waals surface area contributed by atoms with E-state index in [1.807, 2.05) is 30.3 Å². The van der Waals surface area contributed by atoms with Crippen LogP contribution in [0.1, 0.15) is 24.5 Å². The molecule has 0 saturated carbocycles. The molecule has 0 fully saturated rings. The summed E-state index contributed by atoms with van der Waals surface area (Å²) >= 11 is 5.85. The van der Waals surface area contributed by atoms with E-state index in [9.17, 15) is 14.7 Å². The van der Waals surface area contributed by atoms with Crippen LogP contribution in [-0.4, -0.2) is 17.2 Å². The Kier molecular flexibility index (Phi) is 5.82. The average molecular weight is 348 g/mol. The van der Waals surface area contributed by atoms with Crippen LogP contribution >= 0.6 is 11.6 Å². The van der Waals surface area contributed by atoms with Crippen molar-refractivity contribution in [1.29, 1.82) is 0 Å². The zero-order valence-electron chi connectivity index (χ0n) is 13.2. The van der Waals surface area contributed by atoms with E-state index in [4.69, 9.17) is 16.3 Å². The minimum atomic E-state index is -1.57. The van der Waals surface area contributed by atoms with Crippen molar-refractivity contribution in [3.05, 3.63) is 70.7 Å². The standard InChI is InChI=1S/C18H18ClNO4/c1-2-18(16(21)22,14-8-10-15(19)11-9-14)20-17(23)24-12-13-6-4-3-5-7-13/h3-11H,2,12H2,1H3,(H,20,23)(H,21,22). The molecule has 0 saturated heterocycles. The quantitative estimate of drug-likeness (QED) is 0.829. The van der Waals surface area contributed by atoms with Crippen molar-refractivity contribution < 1.29 is 19.4 Å². The van der Waals surface area contributed by atoms with E-state index in [1.165, 1.54) is 0 Å². The van der Waals surface area contributed by atoms with Crippen LogP contribution in [-0.2, 0) is 21.7 Å². The minimum absolute atomic E-state index is 0.0622. The Morgan fingerprint density at radius 3 is 2.29 bits per heavy atom. The topological polar surface area (TPSA) is 75.6 Å². The molecule has 6 heteroatoms. The van der Waals surface area contributed by atoms with Crippen molar-refractivity contribution in [2.24, 2.45) is 0 Å². The lowest BCUT2D eigenvalue weighted by Crippen LogP contribution is -2.51. The van der Waals surface area contributed by atoms with Crippen LogP contribution < -0.4 is 5.32 Å². The number of rotatable bonds is 6. The van der Waals surface area contributed by atoms with Crippen molar-refractivity contribution in [3.63, 3.8) is 0 Å². The number of hydrogen-bond acceptors (Lipinski definition) is 3. The maximum Gasteiger partial charge on any atom is 0.408 e. The first-order valence-electron chi connectivity index (χ1n) is 7.46. The zero-order chi connectivity index (χ0) is 17.6. The summed E-state index contributed by atoms with van der Waals surface area (Å²) in [6.07, 6.45) is -0.636. The van der Waals surface area contributed by atoms with Crippen molar-refractivity contribution in [3.8, 4) is 0 Å². The van der Waals surface area contributed by atoms with Crippen LogP contribution in [0.2, 0.25) is 5.02 Å². The minimum Gasteiger partial charge on any atom is -0.479 e. The highest BCUT2D eigenvalue weighted by molar-refractivity contribution is 6.30. The fraction of sp³-hybridized carbons (Fsp3) is 0.222. The molecule has 0 spiro atoms. The molecule has 0 aromatic heterocycles. The van der Waals surface area contributed by atoms with Crippen molar-refractivity contribution >= 4 is 23.7 Å². The average Bonchev–Trinajstić information content (AvgIpc) is 2.59. The summed E-state index contributed by atoms with van der Waals surface area (Å²) in [6, 6.07) is 15.5. The molecule has 0 radical (unpaired) electrons. The van der Waals surface area contributed by atoms with Crippen LogP contribution in [0.15, 0.2) is 54.6 Å². The van der Waals surface area contributed by atoms with E-state index < -0.39 is 17.6 Å². The van der Waals surface area contributed by atoms with E-state index in [1.54, 1.807) is 31.2 Å². The molecule has 1 atom stereocenters. The molecule has 2 aromatic rings. The molecule has 1 unspecified atom stereocenters. The summed E-state index contributed by atoms with van der Waals surface area (Å²) in [6.45, 7) is 1.74. The maximum absolute atomic E-state index is 12.1. The van der Waals surface area contributed by atoms with Crippen LogP contribution in [0.5, 0.6) is 0 Å². The third-order valence-electron chi connectivity index (χ3n) is 3.76. The summed E-state index contributed by atoms with van der Waals surface area (Å²) < 4.78 is 5.14. The van der Waals surface area contributed by atoms with Crippen LogP contribution in [0.4, 0.5) is 4.79 Å². The number of benzene rings is 2. The SMILES string of the molecule is CCC(NC(=O)OCc1ccccc1)(C(=O)O)c1ccc(Cl)cc1. The van der Waals surface area contributed by atoms with Gasteiger partial charge >= 0.3 is 12.1 Å². The number of hydrogen-bond donors (Lipinski definition) is 2. The highest BCUT2D eigenvalue weighted by Gasteiger charge is 2.40. The van der Waals surface area contributed by atoms with Gasteiger partial charge in [-0.25, -0.2) is 9.59 Å². The smallest absolute Gasteiger partial charge is 0.408 e. The Bertz CT molecular complexity index is 703. The third kappa shape index (κ3) is 4.06. The third-order valence-corrected chi connectivity index (χ3v) is 4.01. The van der Waals surface area contributed by atoms with Gasteiger partial charge < -0.3 is 15.2 Å². The number of alkyl carbamates (subject to hydrolysis) is 1. The Labute approximate surface area is 145 Å². The highest BCUT2D eigenvalue weighted by atomic mass is 35.5. The lowest BCUT2D eigenvalue weighted by Gasteiger charge is -2.29. The van der Waals surface area contributed by atoms with E-state index in [2.05, 4.69) is 5.32 Å². The largest absolute Gasteiger partial charge is 0.479 e. The lowest BCUT2D eigenvalue weighted by atomic mass is 9.87. The number of carbonyl (C=O) groups excluding carboxylic acids is 1. The first kappa shape index (κ1) is 17.8. The van der Waals surface area contributed by atoms with Gasteiger partial charge in [-0.1, -0.05) is 61.0 Å². The molecule has 2 N–H and O–H groups in total. The van der Waals surface area contributed by atoms with Gasteiger partial charge in [-0.05, 0) is 29.7 Å². The molecule has 2 rings (SSSR count). The second kappa shape index (κ2) is 7.84. The zero-order valence-corrected chi connectivity index (χ0v) is 13.9. The summed E-state index contributed by atoms with van der Waals surface area (Å²) in [4.78, 5) is 24.0. The molecular formula is C18H18ClNO4. The second-order valence-electron chi connectivity index (χ2n) is 5.26. The summed E-state index contributed by atoms with van der Waals surface area (Å²) in [5, 5.41) is 12.6. The number of nitrogens with one attached hydrogen (secondary N) is 1. The van der Waals surface area contributed by atoms with Gasteiger partial charge in [-0.2, -0.15) is 0 Å². The molecule has 0 aliphatic heterocycles. The fourth-order valence-corrected chi connectivity index (χ4v) is 2.49. The monoisotopic (exact) mass is 347 g/mol. The van der Waals surface area contributed by atoms with Crippen LogP contribution in [0.3, 0.4) is 0 Å². The molecule has 1 amide bonds. The Hall–Kier alpha value is -2.53. The number of carbonyl (C=O) groups is 2. The molecule has 5 nitrogen and oxygen atoms in total. The van der Waals surface area contributed by atoms with Gasteiger partial charge in [0.2, 0.25) is 0 Å². The lowest BCUT2D eigenvalue weighted by molar-refractivity contribution is -0.145. The number of amides is 1. The molecule has 0 heterocycles. The van der Waals surface area contributed by atoms with Gasteiger partial charge in [0.1, 0.15) is 6.61 Å². The Morgan fingerprint density at radius 1 is 1.12 bits per heavy atom. The maximum atomic E-state index is 12.1. The molecule has 2 aromatic carbocycles. The van der Waals surface area contributed by atoms with Crippen molar-refractivity contribution in [2.75, 3.05) is 0 Å². The first-order valence-corrected chi connectivity index (χ1v) is 7.84. The van der Waals surface area contributed by atoms with E-state index >= 15 is 0 Å². The van der Waals surface area contributed by atoms with E-state index in [0.29, 0.717) is 10.6 Å². The van der Waals surface area contributed by atoms with Crippen molar-refractivity contribution in [1.82, 2.24) is 5.32 Å². The van der Waals surface area contributed by atoms with Gasteiger partial charge in [0.25, 0.3) is 0 Å². The number of carboxylic acids is 1. The van der Waals surface area contributed by atoms with Gasteiger partial charge in [0.15, 0.2) is 5.54 Å². The highest BCUT2D eigenvalue weighted by Crippen LogP contribution is 2.27. The van der Waals surface area contributed by atoms with E-state index in [-0.39, 0.29) is 13.0 Å². The number of aliphatic carboxylic acids is 1. The summed E-state index contributed by atoms with van der Waals surface area (Å²) in [5.41, 5.74) is -0.326. The summed E-state index contributed by atoms with van der Waals surface area (Å²) in [5.74, 6) is -1.16. The van der Waals surface area contributed by atoms with Gasteiger partial charge in [-0.15, -0.1) is 0 Å². The predicted molar refractivity (Wildman–Crippen MR) is 90.8 cm³/mol. The van der Waals surface area contributed by atoms with Crippen LogP contribution in [0.25, 0.3) is 0 Å².